The van der Waals surface area contributed by atoms with Gasteiger partial charge in [-0.15, -0.1) is 0 Å². The molecule has 1 atom stereocenters. The first kappa shape index (κ1) is 16.4. The molecule has 1 unspecified atom stereocenters. The van der Waals surface area contributed by atoms with Gasteiger partial charge in [-0.2, -0.15) is 0 Å². The summed E-state index contributed by atoms with van der Waals surface area (Å²) < 4.78 is 0. The fourth-order valence-corrected chi connectivity index (χ4v) is 3.33. The van der Waals surface area contributed by atoms with Crippen LogP contribution in [0.2, 0.25) is 0 Å². The Kier molecular flexibility index (Phi) is 4.74. The molecule has 126 valence electrons. The Morgan fingerprint density at radius 3 is 2.54 bits per heavy atom. The predicted molar refractivity (Wildman–Crippen MR) is 99.7 cm³/mol. The lowest BCUT2D eigenvalue weighted by Crippen LogP contribution is -2.36. The molecule has 0 saturated heterocycles. The molecule has 1 amide bonds. The molecule has 24 heavy (non-hydrogen) atoms. The summed E-state index contributed by atoms with van der Waals surface area (Å²) in [6.45, 7) is 3.17. The summed E-state index contributed by atoms with van der Waals surface area (Å²) in [5.41, 5.74) is 5.07. The summed E-state index contributed by atoms with van der Waals surface area (Å²) in [7, 11) is 4.08. The monoisotopic (exact) mass is 323 g/mol. The molecule has 0 spiro atoms. The van der Waals surface area contributed by atoms with Crippen LogP contribution in [0, 0.1) is 0 Å². The summed E-state index contributed by atoms with van der Waals surface area (Å²) in [5, 5.41) is 3.00. The first-order valence-electron chi connectivity index (χ1n) is 8.42. The van der Waals surface area contributed by atoms with Gasteiger partial charge in [0.15, 0.2) is 0 Å². The van der Waals surface area contributed by atoms with E-state index in [0.717, 1.165) is 13.0 Å². The molecule has 3 rings (SSSR count). The molecule has 0 fully saturated rings. The lowest BCUT2D eigenvalue weighted by Gasteiger charge is -2.31. The number of hydrogen-bond acceptors (Lipinski definition) is 3. The number of carbonyl (C=O) groups excluding carboxylic acids is 1. The normalized spacial score (nSPS) is 14.2. The fraction of sp³-hybridized carbons (Fsp3) is 0.350. The SMILES string of the molecule is CC(=O)NCC(c1ccc(N(C)C)cc1)N1CCc2ccccc21. The molecule has 0 radical (unpaired) electrons. The molecule has 4 nitrogen and oxygen atoms in total. The molecular weight excluding hydrogens is 298 g/mol. The minimum Gasteiger partial charge on any atom is -0.378 e. The van der Waals surface area contributed by atoms with Gasteiger partial charge in [-0.1, -0.05) is 30.3 Å². The van der Waals surface area contributed by atoms with Crippen molar-refractivity contribution in [3.05, 3.63) is 59.7 Å². The zero-order valence-corrected chi connectivity index (χ0v) is 14.6. The van der Waals surface area contributed by atoms with Crippen molar-refractivity contribution < 1.29 is 4.79 Å². The van der Waals surface area contributed by atoms with E-state index in [0.29, 0.717) is 6.54 Å². The summed E-state index contributed by atoms with van der Waals surface area (Å²) >= 11 is 0. The van der Waals surface area contributed by atoms with Crippen LogP contribution in [0.25, 0.3) is 0 Å². The van der Waals surface area contributed by atoms with Gasteiger partial charge in [0.2, 0.25) is 5.91 Å². The summed E-state index contributed by atoms with van der Waals surface area (Å²) in [6, 6.07) is 17.3. The summed E-state index contributed by atoms with van der Waals surface area (Å²) in [6.07, 6.45) is 1.06. The number of para-hydroxylation sites is 1. The van der Waals surface area contributed by atoms with E-state index in [9.17, 15) is 4.79 Å². The van der Waals surface area contributed by atoms with Crippen molar-refractivity contribution in [3.63, 3.8) is 0 Å². The van der Waals surface area contributed by atoms with Crippen LogP contribution in [0.4, 0.5) is 11.4 Å². The number of carbonyl (C=O) groups is 1. The maximum Gasteiger partial charge on any atom is 0.216 e. The van der Waals surface area contributed by atoms with Crippen LogP contribution >= 0.6 is 0 Å². The van der Waals surface area contributed by atoms with Crippen molar-refractivity contribution in [3.8, 4) is 0 Å². The number of amides is 1. The van der Waals surface area contributed by atoms with Crippen LogP contribution in [0.15, 0.2) is 48.5 Å². The van der Waals surface area contributed by atoms with Crippen LogP contribution in [-0.4, -0.2) is 33.1 Å². The molecule has 1 aliphatic heterocycles. The Balaban J connectivity index is 1.90. The van der Waals surface area contributed by atoms with Crippen molar-refractivity contribution >= 4 is 17.3 Å². The van der Waals surface area contributed by atoms with Crippen LogP contribution in [0.3, 0.4) is 0 Å². The molecule has 1 N–H and O–H groups in total. The second kappa shape index (κ2) is 6.95. The zero-order valence-electron chi connectivity index (χ0n) is 14.6. The molecule has 0 aliphatic carbocycles. The van der Waals surface area contributed by atoms with Gasteiger partial charge in [-0.05, 0) is 35.7 Å². The minimum absolute atomic E-state index is 0.0115. The predicted octanol–water partition coefficient (Wildman–Crippen LogP) is 2.99. The van der Waals surface area contributed by atoms with Gasteiger partial charge in [0, 0.05) is 45.5 Å². The van der Waals surface area contributed by atoms with Crippen molar-refractivity contribution in [2.75, 3.05) is 37.0 Å². The van der Waals surface area contributed by atoms with Gasteiger partial charge in [0.1, 0.15) is 0 Å². The molecule has 0 aromatic heterocycles. The largest absolute Gasteiger partial charge is 0.378 e. The second-order valence-corrected chi connectivity index (χ2v) is 6.51. The number of nitrogens with zero attached hydrogens (tertiary/aromatic N) is 2. The number of rotatable bonds is 5. The van der Waals surface area contributed by atoms with Gasteiger partial charge in [-0.3, -0.25) is 4.79 Å². The maximum atomic E-state index is 11.4. The van der Waals surface area contributed by atoms with Crippen LogP contribution in [0.1, 0.15) is 24.1 Å². The van der Waals surface area contributed by atoms with E-state index in [1.165, 1.54) is 22.5 Å². The highest BCUT2D eigenvalue weighted by Crippen LogP contribution is 2.35. The smallest absolute Gasteiger partial charge is 0.216 e. The molecule has 4 heteroatoms. The van der Waals surface area contributed by atoms with Crippen molar-refractivity contribution in [1.82, 2.24) is 5.32 Å². The van der Waals surface area contributed by atoms with Gasteiger partial charge in [0.05, 0.1) is 6.04 Å². The second-order valence-electron chi connectivity index (χ2n) is 6.51. The van der Waals surface area contributed by atoms with Crippen molar-refractivity contribution in [2.24, 2.45) is 0 Å². The minimum atomic E-state index is 0.0115. The molecule has 0 bridgehead atoms. The van der Waals surface area contributed by atoms with Crippen molar-refractivity contribution in [1.29, 1.82) is 0 Å². The van der Waals surface area contributed by atoms with Gasteiger partial charge in [-0.25, -0.2) is 0 Å². The van der Waals surface area contributed by atoms with Gasteiger partial charge in [0.25, 0.3) is 0 Å². The van der Waals surface area contributed by atoms with Gasteiger partial charge >= 0.3 is 0 Å². The summed E-state index contributed by atoms with van der Waals surface area (Å²) in [4.78, 5) is 16.0. The first-order valence-corrected chi connectivity index (χ1v) is 8.42. The Labute approximate surface area is 144 Å². The standard InChI is InChI=1S/C20H25N3O/c1-15(24)21-14-20(17-8-10-18(11-9-17)22(2)3)23-13-12-16-6-4-5-7-19(16)23/h4-11,20H,12-14H2,1-3H3,(H,21,24). The molecule has 2 aromatic carbocycles. The van der Waals surface area contributed by atoms with E-state index in [-0.39, 0.29) is 11.9 Å². The Bertz CT molecular complexity index is 709. The van der Waals surface area contributed by atoms with Crippen LogP contribution in [-0.2, 0) is 11.2 Å². The van der Waals surface area contributed by atoms with E-state index in [2.05, 4.69) is 63.6 Å². The number of fused-ring (bicyclic) bond motifs is 1. The van der Waals surface area contributed by atoms with E-state index in [1.54, 1.807) is 6.92 Å². The molecule has 0 saturated carbocycles. The quantitative estimate of drug-likeness (QED) is 0.919. The summed E-state index contributed by atoms with van der Waals surface area (Å²) in [5.74, 6) is 0.0115. The fourth-order valence-electron chi connectivity index (χ4n) is 3.33. The van der Waals surface area contributed by atoms with Crippen molar-refractivity contribution in [2.45, 2.75) is 19.4 Å². The third-order valence-electron chi connectivity index (χ3n) is 4.64. The van der Waals surface area contributed by atoms with Gasteiger partial charge < -0.3 is 15.1 Å². The topological polar surface area (TPSA) is 35.6 Å². The highest BCUT2D eigenvalue weighted by Gasteiger charge is 2.27. The highest BCUT2D eigenvalue weighted by molar-refractivity contribution is 5.73. The highest BCUT2D eigenvalue weighted by atomic mass is 16.1. The first-order chi connectivity index (χ1) is 11.6. The number of hydrogen-bond donors (Lipinski definition) is 1. The van der Waals surface area contributed by atoms with E-state index in [1.807, 2.05) is 14.1 Å². The molecular formula is C20H25N3O. The van der Waals surface area contributed by atoms with Crippen LogP contribution in [0.5, 0.6) is 0 Å². The van der Waals surface area contributed by atoms with E-state index < -0.39 is 0 Å². The lowest BCUT2D eigenvalue weighted by molar-refractivity contribution is -0.119. The number of nitrogens with one attached hydrogen (secondary N) is 1. The lowest BCUT2D eigenvalue weighted by atomic mass is 10.0. The Morgan fingerprint density at radius 2 is 1.88 bits per heavy atom. The van der Waals surface area contributed by atoms with E-state index >= 15 is 0 Å². The number of anilines is 2. The maximum absolute atomic E-state index is 11.4. The zero-order chi connectivity index (χ0) is 17.1. The average Bonchev–Trinajstić information content (AvgIpc) is 2.99. The third-order valence-corrected chi connectivity index (χ3v) is 4.64. The molecule has 1 heterocycles. The Hall–Kier alpha value is -2.49. The third kappa shape index (κ3) is 3.37. The van der Waals surface area contributed by atoms with E-state index in [4.69, 9.17) is 0 Å². The van der Waals surface area contributed by atoms with Crippen LogP contribution < -0.4 is 15.1 Å². The number of benzene rings is 2. The average molecular weight is 323 g/mol. The Morgan fingerprint density at radius 1 is 1.17 bits per heavy atom. The molecule has 1 aliphatic rings. The molecule has 2 aromatic rings.